The Hall–Kier alpha value is -1.52. The van der Waals surface area contributed by atoms with Gasteiger partial charge >= 0.3 is 5.69 Å². The molecular formula is C10H15N3O6. The molecule has 1 aromatic rings. The molecule has 0 aliphatic carbocycles. The van der Waals surface area contributed by atoms with Crippen LogP contribution in [0.4, 0.5) is 0 Å². The lowest BCUT2D eigenvalue weighted by Gasteiger charge is -2.17. The molecule has 2 heterocycles. The number of aliphatic hydroxyl groups is 3. The quantitative estimate of drug-likeness (QED) is 0.385. The molecule has 19 heavy (non-hydrogen) atoms. The second kappa shape index (κ2) is 5.23. The van der Waals surface area contributed by atoms with E-state index >= 15 is 0 Å². The van der Waals surface area contributed by atoms with Crippen LogP contribution in [-0.4, -0.2) is 49.8 Å². The van der Waals surface area contributed by atoms with Gasteiger partial charge in [-0.15, -0.1) is 0 Å². The van der Waals surface area contributed by atoms with Crippen LogP contribution < -0.4 is 17.0 Å². The monoisotopic (exact) mass is 273 g/mol. The smallest absolute Gasteiger partial charge is 0.330 e. The summed E-state index contributed by atoms with van der Waals surface area (Å²) in [7, 11) is 0. The van der Waals surface area contributed by atoms with E-state index in [9.17, 15) is 19.8 Å². The molecule has 1 aliphatic heterocycles. The minimum absolute atomic E-state index is 0.0928. The molecule has 1 fully saturated rings. The fourth-order valence-corrected chi connectivity index (χ4v) is 1.97. The van der Waals surface area contributed by atoms with E-state index in [0.717, 1.165) is 4.57 Å². The Morgan fingerprint density at radius 1 is 1.37 bits per heavy atom. The number of aliphatic hydroxyl groups excluding tert-OH is 3. The van der Waals surface area contributed by atoms with Crippen LogP contribution in [0.15, 0.2) is 15.8 Å². The standard InChI is InChI=1S/C10H15N3O6/c11-1-4-2-13(10(18)12-8(4)17)9-7(16)6(15)5(3-14)19-9/h2,5-7,9,14-16H,1,3,11H2,(H,12,17,18)/t5-,6-,7-,9-/m1/s1. The lowest BCUT2D eigenvalue weighted by Crippen LogP contribution is -2.39. The maximum atomic E-state index is 11.7. The fourth-order valence-electron chi connectivity index (χ4n) is 1.97. The summed E-state index contributed by atoms with van der Waals surface area (Å²) in [6.45, 7) is -0.596. The zero-order valence-electron chi connectivity index (χ0n) is 9.89. The van der Waals surface area contributed by atoms with Crippen LogP contribution in [0.2, 0.25) is 0 Å². The third kappa shape index (κ3) is 2.33. The van der Waals surface area contributed by atoms with Crippen molar-refractivity contribution >= 4 is 0 Å². The Balaban J connectivity index is 2.43. The van der Waals surface area contributed by atoms with Crippen molar-refractivity contribution in [3.63, 3.8) is 0 Å². The van der Waals surface area contributed by atoms with E-state index in [2.05, 4.69) is 0 Å². The number of rotatable bonds is 3. The van der Waals surface area contributed by atoms with Crippen LogP contribution in [0.5, 0.6) is 0 Å². The Bertz CT molecular complexity index is 567. The molecule has 1 aliphatic rings. The highest BCUT2D eigenvalue weighted by Crippen LogP contribution is 2.27. The molecule has 9 nitrogen and oxygen atoms in total. The Labute approximate surface area is 106 Å². The maximum Gasteiger partial charge on any atom is 0.330 e. The third-order valence-corrected chi connectivity index (χ3v) is 3.05. The summed E-state index contributed by atoms with van der Waals surface area (Å²) in [4.78, 5) is 25.1. The molecule has 1 aromatic heterocycles. The average Bonchev–Trinajstić information content (AvgIpc) is 2.67. The molecule has 0 bridgehead atoms. The van der Waals surface area contributed by atoms with Crippen LogP contribution in [0.1, 0.15) is 11.8 Å². The van der Waals surface area contributed by atoms with Crippen LogP contribution in [0.25, 0.3) is 0 Å². The van der Waals surface area contributed by atoms with Gasteiger partial charge in [-0.05, 0) is 0 Å². The van der Waals surface area contributed by atoms with Gasteiger partial charge in [-0.2, -0.15) is 0 Å². The van der Waals surface area contributed by atoms with Crippen molar-refractivity contribution in [3.05, 3.63) is 32.6 Å². The summed E-state index contributed by atoms with van der Waals surface area (Å²) in [6.07, 6.45) is -3.75. The molecule has 0 amide bonds. The van der Waals surface area contributed by atoms with Crippen molar-refractivity contribution in [3.8, 4) is 0 Å². The van der Waals surface area contributed by atoms with Crippen molar-refractivity contribution in [1.29, 1.82) is 0 Å². The number of hydrogen-bond acceptors (Lipinski definition) is 7. The van der Waals surface area contributed by atoms with Crippen molar-refractivity contribution in [2.75, 3.05) is 6.61 Å². The van der Waals surface area contributed by atoms with Gasteiger partial charge in [0.05, 0.1) is 6.61 Å². The fraction of sp³-hybridized carbons (Fsp3) is 0.600. The highest BCUT2D eigenvalue weighted by Gasteiger charge is 2.43. The molecule has 9 heteroatoms. The molecular weight excluding hydrogens is 258 g/mol. The van der Waals surface area contributed by atoms with E-state index in [1.807, 2.05) is 4.98 Å². The van der Waals surface area contributed by atoms with Gasteiger partial charge in [-0.1, -0.05) is 0 Å². The van der Waals surface area contributed by atoms with E-state index in [0.29, 0.717) is 0 Å². The number of H-pyrrole nitrogens is 1. The SMILES string of the molecule is NCc1cn([C@@H]2O[C@H](CO)[C@@H](O)[C@H]2O)c(=O)[nH]c1=O. The van der Waals surface area contributed by atoms with Gasteiger partial charge in [-0.25, -0.2) is 4.79 Å². The molecule has 0 unspecified atom stereocenters. The zero-order valence-corrected chi connectivity index (χ0v) is 9.89. The molecule has 0 saturated carbocycles. The van der Waals surface area contributed by atoms with Gasteiger partial charge in [0, 0.05) is 18.3 Å². The first-order valence-electron chi connectivity index (χ1n) is 5.66. The second-order valence-electron chi connectivity index (χ2n) is 4.25. The summed E-state index contributed by atoms with van der Waals surface area (Å²) in [5, 5.41) is 28.4. The summed E-state index contributed by atoms with van der Waals surface area (Å²) >= 11 is 0. The Kier molecular flexibility index (Phi) is 3.83. The first-order chi connectivity index (χ1) is 8.99. The topological polar surface area (TPSA) is 151 Å². The highest BCUT2D eigenvalue weighted by atomic mass is 16.6. The number of ether oxygens (including phenoxy) is 1. The number of aromatic nitrogens is 2. The predicted octanol–water partition coefficient (Wildman–Crippen LogP) is -3.39. The van der Waals surface area contributed by atoms with Crippen molar-refractivity contribution < 1.29 is 20.1 Å². The zero-order chi connectivity index (χ0) is 14.2. The van der Waals surface area contributed by atoms with Gasteiger partial charge in [-0.3, -0.25) is 14.3 Å². The first kappa shape index (κ1) is 13.9. The van der Waals surface area contributed by atoms with Crippen molar-refractivity contribution in [1.82, 2.24) is 9.55 Å². The molecule has 106 valence electrons. The number of nitrogens with zero attached hydrogens (tertiary/aromatic N) is 1. The van der Waals surface area contributed by atoms with Gasteiger partial charge in [0.15, 0.2) is 6.23 Å². The lowest BCUT2D eigenvalue weighted by molar-refractivity contribution is -0.0551. The van der Waals surface area contributed by atoms with Crippen molar-refractivity contribution in [2.24, 2.45) is 5.73 Å². The van der Waals surface area contributed by atoms with Crippen LogP contribution >= 0.6 is 0 Å². The molecule has 0 spiro atoms. The van der Waals surface area contributed by atoms with E-state index < -0.39 is 42.4 Å². The largest absolute Gasteiger partial charge is 0.394 e. The van der Waals surface area contributed by atoms with Gasteiger partial charge in [0.2, 0.25) is 0 Å². The summed E-state index contributed by atoms with van der Waals surface area (Å²) in [5.41, 5.74) is 4.08. The highest BCUT2D eigenvalue weighted by molar-refractivity contribution is 5.05. The predicted molar refractivity (Wildman–Crippen MR) is 62.2 cm³/mol. The van der Waals surface area contributed by atoms with E-state index in [-0.39, 0.29) is 12.1 Å². The molecule has 0 aromatic carbocycles. The number of nitrogens with one attached hydrogen (secondary N) is 1. The minimum Gasteiger partial charge on any atom is -0.394 e. The Morgan fingerprint density at radius 2 is 2.05 bits per heavy atom. The van der Waals surface area contributed by atoms with Crippen LogP contribution in [-0.2, 0) is 11.3 Å². The maximum absolute atomic E-state index is 11.7. The first-order valence-corrected chi connectivity index (χ1v) is 5.66. The van der Waals surface area contributed by atoms with Gasteiger partial charge in [0.1, 0.15) is 18.3 Å². The molecule has 4 atom stereocenters. The summed E-state index contributed by atoms with van der Waals surface area (Å²) in [6, 6.07) is 0. The van der Waals surface area contributed by atoms with E-state index in [4.69, 9.17) is 15.6 Å². The second-order valence-corrected chi connectivity index (χ2v) is 4.25. The summed E-state index contributed by atoms with van der Waals surface area (Å²) < 4.78 is 6.13. The number of hydrogen-bond donors (Lipinski definition) is 5. The summed E-state index contributed by atoms with van der Waals surface area (Å²) in [5.74, 6) is 0. The average molecular weight is 273 g/mol. The van der Waals surface area contributed by atoms with E-state index in [1.165, 1.54) is 6.20 Å². The minimum atomic E-state index is -1.40. The number of aromatic amines is 1. The molecule has 1 saturated heterocycles. The van der Waals surface area contributed by atoms with Crippen molar-refractivity contribution in [2.45, 2.75) is 31.1 Å². The van der Waals surface area contributed by atoms with Gasteiger partial charge < -0.3 is 25.8 Å². The Morgan fingerprint density at radius 3 is 2.58 bits per heavy atom. The van der Waals surface area contributed by atoms with Gasteiger partial charge in [0.25, 0.3) is 5.56 Å². The van der Waals surface area contributed by atoms with E-state index in [1.54, 1.807) is 0 Å². The number of nitrogens with two attached hydrogens (primary N) is 1. The van der Waals surface area contributed by atoms with Crippen LogP contribution in [0, 0.1) is 0 Å². The molecule has 2 rings (SSSR count). The van der Waals surface area contributed by atoms with Crippen LogP contribution in [0.3, 0.4) is 0 Å². The molecule has 6 N–H and O–H groups in total. The third-order valence-electron chi connectivity index (χ3n) is 3.05. The lowest BCUT2D eigenvalue weighted by atomic mass is 10.1. The molecule has 0 radical (unpaired) electrons. The normalized spacial score (nSPS) is 30.7.